The number of rotatable bonds is 1. The van der Waals surface area contributed by atoms with Gasteiger partial charge in [-0.15, -0.1) is 0 Å². The number of nitrogens with one attached hydrogen (secondary N) is 1. The van der Waals surface area contributed by atoms with Gasteiger partial charge in [0.05, 0.1) is 5.92 Å². The van der Waals surface area contributed by atoms with Crippen molar-refractivity contribution in [1.29, 1.82) is 0 Å². The molecule has 0 amide bonds. The Hall–Kier alpha value is -2.77. The van der Waals surface area contributed by atoms with Gasteiger partial charge >= 0.3 is 18.1 Å². The van der Waals surface area contributed by atoms with Gasteiger partial charge in [0.2, 0.25) is 0 Å². The number of halogens is 3. The minimum Gasteiger partial charge on any atom is -0.481 e. The van der Waals surface area contributed by atoms with Gasteiger partial charge in [0.15, 0.2) is 0 Å². The molecule has 0 radical (unpaired) electrons. The molecule has 1 aliphatic rings. The van der Waals surface area contributed by atoms with Crippen LogP contribution in [0, 0.1) is 5.92 Å². The molecular formula is C16H14F3NO4. The molecule has 1 unspecified atom stereocenters. The average molecular weight is 341 g/mol. The fraction of sp³-hybridized carbons (Fsp3) is 0.250. The monoisotopic (exact) mass is 341 g/mol. The van der Waals surface area contributed by atoms with Crippen LogP contribution in [-0.2, 0) is 16.0 Å². The molecule has 24 heavy (non-hydrogen) atoms. The molecule has 8 heteroatoms. The average Bonchev–Trinajstić information content (AvgIpc) is 2.53. The van der Waals surface area contributed by atoms with Crippen molar-refractivity contribution in [2.45, 2.75) is 12.6 Å². The molecule has 0 saturated heterocycles. The van der Waals surface area contributed by atoms with Gasteiger partial charge in [0.1, 0.15) is 0 Å². The molecule has 0 aromatic heterocycles. The first kappa shape index (κ1) is 17.6. The molecule has 1 heterocycles. The van der Waals surface area contributed by atoms with Gasteiger partial charge in [-0.25, -0.2) is 4.79 Å². The molecule has 1 atom stereocenters. The highest BCUT2D eigenvalue weighted by Crippen LogP contribution is 2.32. The van der Waals surface area contributed by atoms with Crippen LogP contribution in [0.15, 0.2) is 36.4 Å². The Morgan fingerprint density at radius 3 is 2.29 bits per heavy atom. The Labute approximate surface area is 134 Å². The lowest BCUT2D eigenvalue weighted by Gasteiger charge is -2.24. The summed E-state index contributed by atoms with van der Waals surface area (Å²) in [6.45, 7) is 0.510. The van der Waals surface area contributed by atoms with E-state index in [1.807, 2.05) is 18.2 Å². The Balaban J connectivity index is 0.000000256. The minimum atomic E-state index is -5.08. The molecule has 1 aliphatic heterocycles. The predicted octanol–water partition coefficient (Wildman–Crippen LogP) is 3.14. The van der Waals surface area contributed by atoms with Crippen LogP contribution in [0.25, 0.3) is 10.8 Å². The number of hydrogen-bond donors (Lipinski definition) is 3. The van der Waals surface area contributed by atoms with Crippen molar-refractivity contribution in [1.82, 2.24) is 0 Å². The van der Waals surface area contributed by atoms with Crippen LogP contribution in [0.5, 0.6) is 0 Å². The zero-order chi connectivity index (χ0) is 17.9. The highest BCUT2D eigenvalue weighted by Gasteiger charge is 2.38. The second-order valence-electron chi connectivity index (χ2n) is 5.24. The van der Waals surface area contributed by atoms with E-state index in [0.29, 0.717) is 13.0 Å². The van der Waals surface area contributed by atoms with Gasteiger partial charge in [0.25, 0.3) is 0 Å². The molecule has 128 valence electrons. The molecule has 3 rings (SSSR count). The van der Waals surface area contributed by atoms with Crippen LogP contribution in [0.2, 0.25) is 0 Å². The summed E-state index contributed by atoms with van der Waals surface area (Å²) < 4.78 is 31.7. The number of anilines is 1. The summed E-state index contributed by atoms with van der Waals surface area (Å²) in [5.41, 5.74) is 2.20. The summed E-state index contributed by atoms with van der Waals surface area (Å²) in [6, 6.07) is 12.2. The zero-order valence-electron chi connectivity index (χ0n) is 12.3. The third kappa shape index (κ3) is 3.95. The van der Waals surface area contributed by atoms with Crippen molar-refractivity contribution < 1.29 is 33.0 Å². The minimum absolute atomic E-state index is 0.316. The number of carboxylic acid groups (broad SMARTS) is 2. The maximum atomic E-state index is 11.0. The molecular weight excluding hydrogens is 327 g/mol. The second kappa shape index (κ2) is 6.77. The van der Waals surface area contributed by atoms with E-state index in [1.165, 1.54) is 10.8 Å². The fourth-order valence-corrected chi connectivity index (χ4v) is 2.43. The maximum absolute atomic E-state index is 11.0. The first-order valence-corrected chi connectivity index (χ1v) is 6.97. The number of carbonyl (C=O) groups is 2. The van der Waals surface area contributed by atoms with Gasteiger partial charge in [0, 0.05) is 17.6 Å². The van der Waals surface area contributed by atoms with Crippen LogP contribution >= 0.6 is 0 Å². The lowest BCUT2D eigenvalue weighted by atomic mass is 9.91. The molecule has 0 bridgehead atoms. The van der Waals surface area contributed by atoms with Crippen molar-refractivity contribution >= 4 is 28.4 Å². The summed E-state index contributed by atoms with van der Waals surface area (Å²) >= 11 is 0. The summed E-state index contributed by atoms with van der Waals surface area (Å²) in [6.07, 6.45) is -4.47. The summed E-state index contributed by atoms with van der Waals surface area (Å²) in [4.78, 5) is 19.9. The van der Waals surface area contributed by atoms with Crippen molar-refractivity contribution in [3.8, 4) is 0 Å². The van der Waals surface area contributed by atoms with Crippen LogP contribution in [-0.4, -0.2) is 34.9 Å². The Bertz CT molecular complexity index is 773. The smallest absolute Gasteiger partial charge is 0.481 e. The molecule has 0 aliphatic carbocycles. The summed E-state index contributed by atoms with van der Waals surface area (Å²) in [5.74, 6) is -3.80. The van der Waals surface area contributed by atoms with Crippen molar-refractivity contribution in [3.05, 3.63) is 42.0 Å². The Morgan fingerprint density at radius 2 is 1.71 bits per heavy atom. The van der Waals surface area contributed by atoms with Gasteiger partial charge in [-0.1, -0.05) is 36.4 Å². The Kier molecular flexibility index (Phi) is 4.96. The fourth-order valence-electron chi connectivity index (χ4n) is 2.43. The van der Waals surface area contributed by atoms with E-state index >= 15 is 0 Å². The standard InChI is InChI=1S/C14H13NO2.C2HF3O2/c16-14(17)11-7-10-6-5-9-3-1-2-4-12(9)13(10)15-8-11;3-2(4,5)1(6)7/h1-6,11,15H,7-8H2,(H,16,17);(H,6,7). The topological polar surface area (TPSA) is 86.6 Å². The van der Waals surface area contributed by atoms with Crippen LogP contribution in [0.4, 0.5) is 18.9 Å². The highest BCUT2D eigenvalue weighted by atomic mass is 19.4. The quantitative estimate of drug-likeness (QED) is 0.742. The van der Waals surface area contributed by atoms with E-state index in [-0.39, 0.29) is 5.92 Å². The summed E-state index contributed by atoms with van der Waals surface area (Å²) in [5, 5.41) is 21.8. The second-order valence-corrected chi connectivity index (χ2v) is 5.24. The number of benzene rings is 2. The molecule has 5 nitrogen and oxygen atoms in total. The molecule has 0 spiro atoms. The molecule has 2 aromatic rings. The van der Waals surface area contributed by atoms with Crippen LogP contribution in [0.1, 0.15) is 5.56 Å². The first-order chi connectivity index (χ1) is 11.2. The third-order valence-electron chi connectivity index (χ3n) is 3.60. The van der Waals surface area contributed by atoms with E-state index in [9.17, 15) is 18.0 Å². The zero-order valence-corrected chi connectivity index (χ0v) is 12.3. The Morgan fingerprint density at radius 1 is 1.08 bits per heavy atom. The molecule has 0 saturated carbocycles. The third-order valence-corrected chi connectivity index (χ3v) is 3.60. The number of aliphatic carboxylic acids is 2. The van der Waals surface area contributed by atoms with E-state index in [1.54, 1.807) is 0 Å². The van der Waals surface area contributed by atoms with Gasteiger partial charge in [-0.2, -0.15) is 13.2 Å². The number of alkyl halides is 3. The van der Waals surface area contributed by atoms with Gasteiger partial charge < -0.3 is 15.5 Å². The summed E-state index contributed by atoms with van der Waals surface area (Å²) in [7, 11) is 0. The SMILES string of the molecule is O=C(O)C(F)(F)F.O=C(O)C1CNc2c(ccc3ccccc23)C1. The molecule has 0 fully saturated rings. The van der Waals surface area contributed by atoms with Crippen LogP contribution < -0.4 is 5.32 Å². The molecule has 2 aromatic carbocycles. The van der Waals surface area contributed by atoms with Crippen molar-refractivity contribution in [2.75, 3.05) is 11.9 Å². The van der Waals surface area contributed by atoms with Crippen LogP contribution in [0.3, 0.4) is 0 Å². The lowest BCUT2D eigenvalue weighted by molar-refractivity contribution is -0.192. The number of fused-ring (bicyclic) bond motifs is 3. The van der Waals surface area contributed by atoms with Gasteiger partial charge in [-0.05, 0) is 17.4 Å². The predicted molar refractivity (Wildman–Crippen MR) is 81.0 cm³/mol. The van der Waals surface area contributed by atoms with Crippen molar-refractivity contribution in [2.24, 2.45) is 5.92 Å². The van der Waals surface area contributed by atoms with E-state index in [4.69, 9.17) is 15.0 Å². The molecule has 3 N–H and O–H groups in total. The number of hydrogen-bond acceptors (Lipinski definition) is 3. The highest BCUT2D eigenvalue weighted by molar-refractivity contribution is 5.96. The van der Waals surface area contributed by atoms with E-state index < -0.39 is 18.1 Å². The maximum Gasteiger partial charge on any atom is 0.490 e. The van der Waals surface area contributed by atoms with Crippen molar-refractivity contribution in [3.63, 3.8) is 0 Å². The normalized spacial score (nSPS) is 16.4. The largest absolute Gasteiger partial charge is 0.490 e. The van der Waals surface area contributed by atoms with E-state index in [2.05, 4.69) is 23.5 Å². The first-order valence-electron chi connectivity index (χ1n) is 6.97. The van der Waals surface area contributed by atoms with E-state index in [0.717, 1.165) is 11.3 Å². The lowest BCUT2D eigenvalue weighted by Crippen LogP contribution is -2.29. The van der Waals surface area contributed by atoms with Gasteiger partial charge in [-0.3, -0.25) is 4.79 Å². The number of carboxylic acids is 2.